The fourth-order valence-corrected chi connectivity index (χ4v) is 1.73. The van der Waals surface area contributed by atoms with Gasteiger partial charge in [-0.3, -0.25) is 4.79 Å². The molecule has 1 rings (SSSR count). The molecule has 6 nitrogen and oxygen atoms in total. The zero-order valence-electron chi connectivity index (χ0n) is 12.7. The highest BCUT2D eigenvalue weighted by atomic mass is 16.6. The first-order valence-electron chi connectivity index (χ1n) is 6.56. The molecule has 0 fully saturated rings. The van der Waals surface area contributed by atoms with Crippen molar-refractivity contribution < 1.29 is 24.2 Å². The number of carbonyl (C=O) groups excluding carboxylic acids is 1. The van der Waals surface area contributed by atoms with Crippen molar-refractivity contribution >= 4 is 12.1 Å². The van der Waals surface area contributed by atoms with E-state index >= 15 is 0 Å². The first kappa shape index (κ1) is 16.8. The minimum absolute atomic E-state index is 0.244. The van der Waals surface area contributed by atoms with Gasteiger partial charge < -0.3 is 19.9 Å². The molecular formula is C15H21NO5. The smallest absolute Gasteiger partial charge is 0.408 e. The fourth-order valence-electron chi connectivity index (χ4n) is 1.73. The molecule has 0 aromatic heterocycles. The zero-order chi connectivity index (χ0) is 16.0. The maximum absolute atomic E-state index is 11.8. The SMILES string of the molecule is COc1cccc([C@@H](CC(=O)O)NC(=O)OC(C)(C)C)c1. The summed E-state index contributed by atoms with van der Waals surface area (Å²) in [6.45, 7) is 5.22. The largest absolute Gasteiger partial charge is 0.497 e. The highest BCUT2D eigenvalue weighted by Crippen LogP contribution is 2.22. The standard InChI is InChI=1S/C15H21NO5/c1-15(2,3)21-14(19)16-12(9-13(17)18)10-6-5-7-11(8-10)20-4/h5-8,12H,9H2,1-4H3,(H,16,19)(H,17,18)/t12-/m1/s1. The number of benzene rings is 1. The second-order valence-electron chi connectivity index (χ2n) is 5.57. The minimum Gasteiger partial charge on any atom is -0.497 e. The van der Waals surface area contributed by atoms with Crippen molar-refractivity contribution in [1.29, 1.82) is 0 Å². The van der Waals surface area contributed by atoms with Gasteiger partial charge in [-0.05, 0) is 38.5 Å². The molecule has 0 aliphatic heterocycles. The van der Waals surface area contributed by atoms with Gasteiger partial charge in [0.25, 0.3) is 0 Å². The molecular weight excluding hydrogens is 274 g/mol. The molecule has 0 radical (unpaired) electrons. The summed E-state index contributed by atoms with van der Waals surface area (Å²) < 4.78 is 10.3. The average molecular weight is 295 g/mol. The maximum Gasteiger partial charge on any atom is 0.408 e. The van der Waals surface area contributed by atoms with Crippen LogP contribution in [0.3, 0.4) is 0 Å². The van der Waals surface area contributed by atoms with Crippen LogP contribution in [0.4, 0.5) is 4.79 Å². The Balaban J connectivity index is 2.89. The first-order chi connectivity index (χ1) is 9.71. The number of methoxy groups -OCH3 is 1. The van der Waals surface area contributed by atoms with Crippen LogP contribution >= 0.6 is 0 Å². The Morgan fingerprint density at radius 1 is 1.33 bits per heavy atom. The van der Waals surface area contributed by atoms with Crippen LogP contribution in [0.15, 0.2) is 24.3 Å². The summed E-state index contributed by atoms with van der Waals surface area (Å²) in [4.78, 5) is 22.8. The number of ether oxygens (including phenoxy) is 2. The van der Waals surface area contributed by atoms with Gasteiger partial charge >= 0.3 is 12.1 Å². The lowest BCUT2D eigenvalue weighted by Crippen LogP contribution is -2.35. The third-order valence-electron chi connectivity index (χ3n) is 2.57. The lowest BCUT2D eigenvalue weighted by molar-refractivity contribution is -0.137. The monoisotopic (exact) mass is 295 g/mol. The molecule has 21 heavy (non-hydrogen) atoms. The van der Waals surface area contributed by atoms with Crippen LogP contribution in [0, 0.1) is 0 Å². The van der Waals surface area contributed by atoms with E-state index < -0.39 is 23.7 Å². The third kappa shape index (κ3) is 6.16. The summed E-state index contributed by atoms with van der Waals surface area (Å²) in [6, 6.07) is 6.21. The number of carboxylic acid groups (broad SMARTS) is 1. The number of hydrogen-bond donors (Lipinski definition) is 2. The number of carboxylic acids is 1. The molecule has 0 saturated carbocycles. The number of amides is 1. The van der Waals surface area contributed by atoms with E-state index in [0.29, 0.717) is 11.3 Å². The number of nitrogens with one attached hydrogen (secondary N) is 1. The Morgan fingerprint density at radius 3 is 2.52 bits per heavy atom. The number of carbonyl (C=O) groups is 2. The molecule has 1 aromatic rings. The molecule has 0 unspecified atom stereocenters. The van der Waals surface area contributed by atoms with Gasteiger partial charge in [-0.15, -0.1) is 0 Å². The zero-order valence-corrected chi connectivity index (χ0v) is 12.7. The van der Waals surface area contributed by atoms with Gasteiger partial charge in [-0.2, -0.15) is 0 Å². The van der Waals surface area contributed by atoms with Crippen molar-refractivity contribution in [3.05, 3.63) is 29.8 Å². The van der Waals surface area contributed by atoms with Crippen LogP contribution in [0.1, 0.15) is 38.8 Å². The molecule has 1 aromatic carbocycles. The molecule has 116 valence electrons. The third-order valence-corrected chi connectivity index (χ3v) is 2.57. The topological polar surface area (TPSA) is 84.9 Å². The van der Waals surface area contributed by atoms with Crippen molar-refractivity contribution in [2.45, 2.75) is 38.8 Å². The summed E-state index contributed by atoms with van der Waals surface area (Å²) in [5.74, 6) is -0.423. The predicted molar refractivity (Wildman–Crippen MR) is 77.4 cm³/mol. The molecule has 1 amide bonds. The molecule has 6 heteroatoms. The molecule has 0 aliphatic rings. The molecule has 1 atom stereocenters. The van der Waals surface area contributed by atoms with Gasteiger partial charge in [0.05, 0.1) is 19.6 Å². The van der Waals surface area contributed by atoms with Crippen molar-refractivity contribution in [3.8, 4) is 5.75 Å². The van der Waals surface area contributed by atoms with Crippen LogP contribution in [0.5, 0.6) is 5.75 Å². The molecule has 0 aliphatic carbocycles. The highest BCUT2D eigenvalue weighted by molar-refractivity contribution is 5.72. The normalized spacial score (nSPS) is 12.4. The molecule has 0 spiro atoms. The summed E-state index contributed by atoms with van der Waals surface area (Å²) >= 11 is 0. The van der Waals surface area contributed by atoms with Gasteiger partial charge in [-0.1, -0.05) is 12.1 Å². The summed E-state index contributed by atoms with van der Waals surface area (Å²) in [5.41, 5.74) is -0.00529. The van der Waals surface area contributed by atoms with Crippen LogP contribution in [-0.2, 0) is 9.53 Å². The maximum atomic E-state index is 11.8. The molecule has 0 heterocycles. The van der Waals surface area contributed by atoms with Crippen LogP contribution in [0.25, 0.3) is 0 Å². The number of hydrogen-bond acceptors (Lipinski definition) is 4. The van der Waals surface area contributed by atoms with E-state index in [1.807, 2.05) is 0 Å². The minimum atomic E-state index is -1.01. The van der Waals surface area contributed by atoms with Crippen molar-refractivity contribution in [2.24, 2.45) is 0 Å². The van der Waals surface area contributed by atoms with E-state index in [2.05, 4.69) is 5.32 Å². The van der Waals surface area contributed by atoms with E-state index in [9.17, 15) is 9.59 Å². The summed E-state index contributed by atoms with van der Waals surface area (Å²) in [5, 5.41) is 11.6. The summed E-state index contributed by atoms with van der Waals surface area (Å²) in [7, 11) is 1.52. The van der Waals surface area contributed by atoms with E-state index in [0.717, 1.165) is 0 Å². The van der Waals surface area contributed by atoms with Crippen LogP contribution < -0.4 is 10.1 Å². The predicted octanol–water partition coefficient (Wildman–Crippen LogP) is 2.74. The van der Waals surface area contributed by atoms with E-state index in [4.69, 9.17) is 14.6 Å². The van der Waals surface area contributed by atoms with Crippen molar-refractivity contribution in [3.63, 3.8) is 0 Å². The van der Waals surface area contributed by atoms with E-state index in [1.54, 1.807) is 45.0 Å². The Kier molecular flexibility index (Phi) is 5.58. The van der Waals surface area contributed by atoms with Crippen molar-refractivity contribution in [2.75, 3.05) is 7.11 Å². The van der Waals surface area contributed by atoms with Crippen LogP contribution in [0.2, 0.25) is 0 Å². The van der Waals surface area contributed by atoms with E-state index in [1.165, 1.54) is 7.11 Å². The van der Waals surface area contributed by atoms with Gasteiger partial charge in [0.2, 0.25) is 0 Å². The van der Waals surface area contributed by atoms with Gasteiger partial charge in [0.15, 0.2) is 0 Å². The van der Waals surface area contributed by atoms with Gasteiger partial charge in [-0.25, -0.2) is 4.79 Å². The Hall–Kier alpha value is -2.24. The lowest BCUT2D eigenvalue weighted by atomic mass is 10.0. The van der Waals surface area contributed by atoms with Crippen LogP contribution in [-0.4, -0.2) is 29.9 Å². The van der Waals surface area contributed by atoms with Crippen molar-refractivity contribution in [1.82, 2.24) is 5.32 Å². The quantitative estimate of drug-likeness (QED) is 0.872. The molecule has 0 bridgehead atoms. The Morgan fingerprint density at radius 2 is 2.00 bits per heavy atom. The number of alkyl carbamates (subject to hydrolysis) is 1. The second kappa shape index (κ2) is 6.97. The fraction of sp³-hybridized carbons (Fsp3) is 0.467. The average Bonchev–Trinajstić information content (AvgIpc) is 2.35. The van der Waals surface area contributed by atoms with E-state index in [-0.39, 0.29) is 6.42 Å². The van der Waals surface area contributed by atoms with Gasteiger partial charge in [0, 0.05) is 0 Å². The van der Waals surface area contributed by atoms with Gasteiger partial charge in [0.1, 0.15) is 11.4 Å². The highest BCUT2D eigenvalue weighted by Gasteiger charge is 2.22. The second-order valence-corrected chi connectivity index (χ2v) is 5.57. The Labute approximate surface area is 124 Å². The lowest BCUT2D eigenvalue weighted by Gasteiger charge is -2.23. The Bertz CT molecular complexity index is 507. The molecule has 2 N–H and O–H groups in total. The molecule has 0 saturated heterocycles. The summed E-state index contributed by atoms with van der Waals surface area (Å²) in [6.07, 6.45) is -0.900. The first-order valence-corrected chi connectivity index (χ1v) is 6.56. The number of rotatable bonds is 5. The number of aliphatic carboxylic acids is 1.